The lowest BCUT2D eigenvalue weighted by atomic mass is 9.96. The molecule has 0 radical (unpaired) electrons. The van der Waals surface area contributed by atoms with Gasteiger partial charge in [-0.2, -0.15) is 0 Å². The fourth-order valence-electron chi connectivity index (χ4n) is 2.92. The van der Waals surface area contributed by atoms with E-state index in [1.807, 2.05) is 45.9 Å². The van der Waals surface area contributed by atoms with Crippen LogP contribution in [0.15, 0.2) is 31.0 Å². The van der Waals surface area contributed by atoms with Gasteiger partial charge in [0.2, 0.25) is 5.91 Å². The molecule has 6 heteroatoms. The zero-order chi connectivity index (χ0) is 19.4. The van der Waals surface area contributed by atoms with Crippen molar-refractivity contribution in [3.8, 4) is 0 Å². The number of anilines is 2. The van der Waals surface area contributed by atoms with Gasteiger partial charge in [0.1, 0.15) is 5.82 Å². The number of nitrogens with one attached hydrogen (secondary N) is 1. The van der Waals surface area contributed by atoms with Gasteiger partial charge in [0.25, 0.3) is 0 Å². The third-order valence-electron chi connectivity index (χ3n) is 4.99. The van der Waals surface area contributed by atoms with Crippen molar-refractivity contribution >= 4 is 17.4 Å². The Hall–Kier alpha value is -1.92. The second kappa shape index (κ2) is 8.18. The van der Waals surface area contributed by atoms with Crippen LogP contribution < -0.4 is 10.2 Å². The first-order valence-electron chi connectivity index (χ1n) is 9.21. The second-order valence-corrected chi connectivity index (χ2v) is 8.16. The highest BCUT2D eigenvalue weighted by Crippen LogP contribution is 2.22. The molecule has 1 aliphatic heterocycles. The number of aliphatic hydroxyl groups excluding tert-OH is 1. The Morgan fingerprint density at radius 1 is 1.27 bits per heavy atom. The zero-order valence-corrected chi connectivity index (χ0v) is 16.5. The molecule has 1 amide bonds. The Bertz CT molecular complexity index is 624. The summed E-state index contributed by atoms with van der Waals surface area (Å²) >= 11 is 0. The minimum Gasteiger partial charge on any atom is -0.394 e. The number of hydrogen-bond donors (Lipinski definition) is 2. The van der Waals surface area contributed by atoms with Gasteiger partial charge in [-0.1, -0.05) is 26.8 Å². The average molecular weight is 361 g/mol. The smallest absolute Gasteiger partial charge is 0.229 e. The lowest BCUT2D eigenvalue weighted by Crippen LogP contribution is -2.49. The Morgan fingerprint density at radius 3 is 2.54 bits per heavy atom. The number of rotatable bonds is 5. The van der Waals surface area contributed by atoms with Gasteiger partial charge in [0.05, 0.1) is 24.0 Å². The SMILES string of the molecule is C=CC(C)(CO)N1CCCN(c2ccc(NC(=O)C(C)(C)C)cn2)CC1. The molecule has 1 aromatic rings. The molecule has 0 aromatic carbocycles. The van der Waals surface area contributed by atoms with Gasteiger partial charge in [-0.15, -0.1) is 6.58 Å². The van der Waals surface area contributed by atoms with E-state index in [2.05, 4.69) is 26.7 Å². The summed E-state index contributed by atoms with van der Waals surface area (Å²) in [5.74, 6) is 0.884. The molecule has 2 rings (SSSR count). The summed E-state index contributed by atoms with van der Waals surface area (Å²) in [5.41, 5.74) is -0.105. The highest BCUT2D eigenvalue weighted by Gasteiger charge is 2.29. The highest BCUT2D eigenvalue weighted by atomic mass is 16.3. The van der Waals surface area contributed by atoms with E-state index in [1.165, 1.54) is 0 Å². The number of pyridine rings is 1. The summed E-state index contributed by atoms with van der Waals surface area (Å²) in [6, 6.07) is 3.85. The summed E-state index contributed by atoms with van der Waals surface area (Å²) in [7, 11) is 0. The van der Waals surface area contributed by atoms with Gasteiger partial charge < -0.3 is 15.3 Å². The fraction of sp³-hybridized carbons (Fsp3) is 0.600. The van der Waals surface area contributed by atoms with Crippen LogP contribution in [-0.2, 0) is 4.79 Å². The minimum absolute atomic E-state index is 0.0230. The molecule has 1 saturated heterocycles. The molecular formula is C20H32N4O2. The largest absolute Gasteiger partial charge is 0.394 e. The van der Waals surface area contributed by atoms with Crippen LogP contribution in [0.5, 0.6) is 0 Å². The molecule has 1 aliphatic rings. The molecular weight excluding hydrogens is 328 g/mol. The number of amides is 1. The predicted molar refractivity (Wildman–Crippen MR) is 106 cm³/mol. The molecule has 26 heavy (non-hydrogen) atoms. The Kier molecular flexibility index (Phi) is 6.42. The molecule has 1 atom stereocenters. The Morgan fingerprint density at radius 2 is 2.00 bits per heavy atom. The molecule has 1 unspecified atom stereocenters. The highest BCUT2D eigenvalue weighted by molar-refractivity contribution is 5.94. The summed E-state index contributed by atoms with van der Waals surface area (Å²) in [5, 5.41) is 12.6. The molecule has 2 N–H and O–H groups in total. The molecule has 0 saturated carbocycles. The Balaban J connectivity index is 2.01. The van der Waals surface area contributed by atoms with E-state index < -0.39 is 5.41 Å². The van der Waals surface area contributed by atoms with E-state index in [4.69, 9.17) is 0 Å². The van der Waals surface area contributed by atoms with Crippen molar-refractivity contribution in [3.63, 3.8) is 0 Å². The van der Waals surface area contributed by atoms with Crippen molar-refractivity contribution in [2.45, 2.75) is 39.7 Å². The second-order valence-electron chi connectivity index (χ2n) is 8.16. The standard InChI is InChI=1S/C20H32N4O2/c1-6-20(5,15-25)24-11-7-10-23(12-13-24)17-9-8-16(14-21-17)22-18(26)19(2,3)4/h6,8-9,14,25H,1,7,10-13,15H2,2-5H3,(H,22,26). The van der Waals surface area contributed by atoms with Crippen molar-refractivity contribution < 1.29 is 9.90 Å². The lowest BCUT2D eigenvalue weighted by molar-refractivity contribution is -0.123. The molecule has 1 aromatic heterocycles. The van der Waals surface area contributed by atoms with Gasteiger partial charge >= 0.3 is 0 Å². The van der Waals surface area contributed by atoms with Crippen molar-refractivity contribution in [1.29, 1.82) is 0 Å². The third-order valence-corrected chi connectivity index (χ3v) is 4.99. The molecule has 0 spiro atoms. The molecule has 6 nitrogen and oxygen atoms in total. The van der Waals surface area contributed by atoms with Crippen LogP contribution in [0.2, 0.25) is 0 Å². The van der Waals surface area contributed by atoms with Crippen LogP contribution in [0.4, 0.5) is 11.5 Å². The first kappa shape index (κ1) is 20.4. The van der Waals surface area contributed by atoms with E-state index >= 15 is 0 Å². The minimum atomic E-state index is -0.433. The van der Waals surface area contributed by atoms with E-state index in [9.17, 15) is 9.90 Å². The van der Waals surface area contributed by atoms with Crippen LogP contribution in [0, 0.1) is 5.41 Å². The first-order chi connectivity index (χ1) is 12.2. The van der Waals surface area contributed by atoms with Crippen LogP contribution in [0.1, 0.15) is 34.1 Å². The maximum absolute atomic E-state index is 12.1. The maximum atomic E-state index is 12.1. The predicted octanol–water partition coefficient (Wildman–Crippen LogP) is 2.52. The van der Waals surface area contributed by atoms with Gasteiger partial charge in [-0.05, 0) is 25.5 Å². The quantitative estimate of drug-likeness (QED) is 0.790. The normalized spacial score (nSPS) is 18.7. The zero-order valence-electron chi connectivity index (χ0n) is 16.5. The van der Waals surface area contributed by atoms with Crippen molar-refractivity contribution in [3.05, 3.63) is 31.0 Å². The van der Waals surface area contributed by atoms with Gasteiger partial charge in [0.15, 0.2) is 0 Å². The van der Waals surface area contributed by atoms with Crippen LogP contribution in [-0.4, -0.2) is 59.2 Å². The number of carbonyl (C=O) groups excluding carboxylic acids is 1. The van der Waals surface area contributed by atoms with Crippen molar-refractivity contribution in [2.24, 2.45) is 5.41 Å². The summed E-state index contributed by atoms with van der Waals surface area (Å²) in [4.78, 5) is 21.1. The van der Waals surface area contributed by atoms with E-state index in [0.717, 1.165) is 38.4 Å². The average Bonchev–Trinajstić information content (AvgIpc) is 2.87. The van der Waals surface area contributed by atoms with E-state index in [-0.39, 0.29) is 18.1 Å². The van der Waals surface area contributed by atoms with Crippen molar-refractivity contribution in [2.75, 3.05) is 43.0 Å². The fourth-order valence-corrected chi connectivity index (χ4v) is 2.92. The number of aromatic nitrogens is 1. The maximum Gasteiger partial charge on any atom is 0.229 e. The number of aliphatic hydroxyl groups is 1. The van der Waals surface area contributed by atoms with Gasteiger partial charge in [-0.25, -0.2) is 4.98 Å². The molecule has 144 valence electrons. The monoisotopic (exact) mass is 360 g/mol. The van der Waals surface area contributed by atoms with E-state index in [0.29, 0.717) is 5.69 Å². The molecule has 0 bridgehead atoms. The number of hydrogen-bond acceptors (Lipinski definition) is 5. The van der Waals surface area contributed by atoms with Crippen molar-refractivity contribution in [1.82, 2.24) is 9.88 Å². The van der Waals surface area contributed by atoms with Crippen LogP contribution in [0.25, 0.3) is 0 Å². The summed E-state index contributed by atoms with van der Waals surface area (Å²) in [6.07, 6.45) is 4.53. The number of nitrogens with zero attached hydrogens (tertiary/aromatic N) is 3. The van der Waals surface area contributed by atoms with E-state index in [1.54, 1.807) is 6.20 Å². The summed E-state index contributed by atoms with van der Waals surface area (Å²) in [6.45, 7) is 15.1. The molecule has 0 aliphatic carbocycles. The Labute approximate surface area is 156 Å². The van der Waals surface area contributed by atoms with Crippen LogP contribution >= 0.6 is 0 Å². The first-order valence-corrected chi connectivity index (χ1v) is 9.21. The topological polar surface area (TPSA) is 68.7 Å². The number of carbonyl (C=O) groups is 1. The third kappa shape index (κ3) is 4.83. The van der Waals surface area contributed by atoms with Gasteiger partial charge in [0, 0.05) is 31.6 Å². The molecule has 2 heterocycles. The van der Waals surface area contributed by atoms with Gasteiger partial charge in [-0.3, -0.25) is 9.69 Å². The lowest BCUT2D eigenvalue weighted by Gasteiger charge is -2.37. The molecule has 1 fully saturated rings. The van der Waals surface area contributed by atoms with Crippen LogP contribution in [0.3, 0.4) is 0 Å². The summed E-state index contributed by atoms with van der Waals surface area (Å²) < 4.78 is 0.